The van der Waals surface area contributed by atoms with Gasteiger partial charge in [-0.1, -0.05) is 20.8 Å². The van der Waals surface area contributed by atoms with Crippen LogP contribution in [0.5, 0.6) is 0 Å². The predicted molar refractivity (Wildman–Crippen MR) is 108 cm³/mol. The highest BCUT2D eigenvalue weighted by molar-refractivity contribution is 5.90. The molecule has 0 bridgehead atoms. The van der Waals surface area contributed by atoms with Crippen molar-refractivity contribution in [2.24, 2.45) is 11.8 Å². The summed E-state index contributed by atoms with van der Waals surface area (Å²) in [4.78, 5) is 21.1. The number of nitrogens with one attached hydrogen (secondary N) is 2. The van der Waals surface area contributed by atoms with Crippen molar-refractivity contribution in [1.82, 2.24) is 25.1 Å². The highest BCUT2D eigenvalue weighted by atomic mass is 35.5. The van der Waals surface area contributed by atoms with Crippen LogP contribution >= 0.6 is 12.4 Å². The number of aromatic nitrogens is 4. The first-order chi connectivity index (χ1) is 12.5. The van der Waals surface area contributed by atoms with Crippen LogP contribution in [0, 0.1) is 11.8 Å². The minimum atomic E-state index is 0. The van der Waals surface area contributed by atoms with Gasteiger partial charge in [0.1, 0.15) is 5.82 Å². The molecule has 0 radical (unpaired) electrons. The van der Waals surface area contributed by atoms with E-state index in [0.717, 1.165) is 18.8 Å². The quantitative estimate of drug-likeness (QED) is 0.788. The monoisotopic (exact) mass is 392 g/mol. The average molecular weight is 393 g/mol. The van der Waals surface area contributed by atoms with Gasteiger partial charge in [-0.05, 0) is 49.8 Å². The SMILES string of the molecule is CC(C)c1cc(NC(=O)CC(C)C2CCCNC2)n(-c2ncccn2)n1.Cl. The summed E-state index contributed by atoms with van der Waals surface area (Å²) in [5.74, 6) is 2.25. The molecule has 2 N–H and O–H groups in total. The molecular weight excluding hydrogens is 364 g/mol. The number of nitrogens with zero attached hydrogens (tertiary/aromatic N) is 4. The van der Waals surface area contributed by atoms with E-state index in [2.05, 4.69) is 46.5 Å². The van der Waals surface area contributed by atoms with Crippen molar-refractivity contribution in [3.8, 4) is 5.95 Å². The lowest BCUT2D eigenvalue weighted by Crippen LogP contribution is -2.34. The Bertz CT molecular complexity index is 727. The summed E-state index contributed by atoms with van der Waals surface area (Å²) < 4.78 is 1.61. The highest BCUT2D eigenvalue weighted by Gasteiger charge is 2.23. The third-order valence-corrected chi connectivity index (χ3v) is 4.98. The molecule has 2 atom stereocenters. The van der Waals surface area contributed by atoms with Gasteiger partial charge >= 0.3 is 0 Å². The maximum absolute atomic E-state index is 12.6. The van der Waals surface area contributed by atoms with Crippen LogP contribution in [0.2, 0.25) is 0 Å². The van der Waals surface area contributed by atoms with Crippen molar-refractivity contribution in [2.75, 3.05) is 18.4 Å². The fourth-order valence-corrected chi connectivity index (χ4v) is 3.34. The van der Waals surface area contributed by atoms with E-state index in [9.17, 15) is 4.79 Å². The minimum absolute atomic E-state index is 0. The Morgan fingerprint density at radius 2 is 2.07 bits per heavy atom. The number of anilines is 1. The first-order valence-corrected chi connectivity index (χ1v) is 9.42. The molecule has 0 saturated carbocycles. The molecule has 2 unspecified atom stereocenters. The molecule has 27 heavy (non-hydrogen) atoms. The lowest BCUT2D eigenvalue weighted by Gasteiger charge is -2.28. The largest absolute Gasteiger partial charge is 0.316 e. The van der Waals surface area contributed by atoms with Crippen LogP contribution in [0.15, 0.2) is 24.5 Å². The van der Waals surface area contributed by atoms with Crippen molar-refractivity contribution in [3.63, 3.8) is 0 Å². The molecule has 1 fully saturated rings. The van der Waals surface area contributed by atoms with Crippen LogP contribution in [0.1, 0.15) is 51.6 Å². The van der Waals surface area contributed by atoms with Crippen molar-refractivity contribution in [2.45, 2.75) is 46.0 Å². The molecule has 1 aliphatic heterocycles. The second kappa shape index (κ2) is 9.80. The molecule has 0 aromatic carbocycles. The summed E-state index contributed by atoms with van der Waals surface area (Å²) in [5.41, 5.74) is 0.900. The zero-order chi connectivity index (χ0) is 18.5. The summed E-state index contributed by atoms with van der Waals surface area (Å²) in [7, 11) is 0. The van der Waals surface area contributed by atoms with Gasteiger partial charge in [0.25, 0.3) is 5.95 Å². The number of hydrogen-bond acceptors (Lipinski definition) is 5. The van der Waals surface area contributed by atoms with Gasteiger partial charge in [0.15, 0.2) is 0 Å². The van der Waals surface area contributed by atoms with Gasteiger partial charge in [-0.15, -0.1) is 12.4 Å². The van der Waals surface area contributed by atoms with Crippen LogP contribution in [0.3, 0.4) is 0 Å². The molecule has 3 heterocycles. The standard InChI is InChI=1S/C19H28N6O.ClH/c1-13(2)16-11-17(25(24-16)19-21-8-5-9-22-19)23-18(26)10-14(3)15-6-4-7-20-12-15;/h5,8-9,11,13-15,20H,4,6-7,10,12H2,1-3H3,(H,23,26);1H. The topological polar surface area (TPSA) is 84.7 Å². The molecule has 1 amide bonds. The lowest BCUT2D eigenvalue weighted by molar-refractivity contribution is -0.117. The number of halogens is 1. The van der Waals surface area contributed by atoms with Crippen LogP contribution in [0.4, 0.5) is 5.82 Å². The van der Waals surface area contributed by atoms with E-state index >= 15 is 0 Å². The van der Waals surface area contributed by atoms with E-state index in [0.29, 0.717) is 30.0 Å². The van der Waals surface area contributed by atoms with Gasteiger partial charge in [-0.25, -0.2) is 9.97 Å². The molecule has 1 saturated heterocycles. The van der Waals surface area contributed by atoms with Gasteiger partial charge in [0, 0.05) is 24.9 Å². The Morgan fingerprint density at radius 3 is 2.70 bits per heavy atom. The van der Waals surface area contributed by atoms with Gasteiger partial charge in [0.2, 0.25) is 5.91 Å². The van der Waals surface area contributed by atoms with Crippen molar-refractivity contribution < 1.29 is 4.79 Å². The fourth-order valence-electron chi connectivity index (χ4n) is 3.34. The van der Waals surface area contributed by atoms with E-state index in [4.69, 9.17) is 0 Å². The third-order valence-electron chi connectivity index (χ3n) is 4.98. The van der Waals surface area contributed by atoms with Gasteiger partial charge < -0.3 is 10.6 Å². The van der Waals surface area contributed by atoms with Crippen molar-refractivity contribution in [3.05, 3.63) is 30.2 Å². The number of rotatable bonds is 6. The van der Waals surface area contributed by atoms with E-state index in [1.165, 1.54) is 12.8 Å². The number of piperidine rings is 1. The number of hydrogen-bond donors (Lipinski definition) is 2. The number of carbonyl (C=O) groups excluding carboxylic acids is 1. The third kappa shape index (κ3) is 5.49. The Morgan fingerprint density at radius 1 is 1.33 bits per heavy atom. The molecule has 3 rings (SSSR count). The zero-order valence-corrected chi connectivity index (χ0v) is 17.0. The van der Waals surface area contributed by atoms with Crippen LogP contribution in [0.25, 0.3) is 5.95 Å². The minimum Gasteiger partial charge on any atom is -0.316 e. The Labute approximate surface area is 166 Å². The zero-order valence-electron chi connectivity index (χ0n) is 16.2. The molecule has 2 aromatic heterocycles. The smallest absolute Gasteiger partial charge is 0.252 e. The second-order valence-corrected chi connectivity index (χ2v) is 7.41. The fraction of sp³-hybridized carbons (Fsp3) is 0.579. The van der Waals surface area contributed by atoms with E-state index in [1.54, 1.807) is 23.1 Å². The highest BCUT2D eigenvalue weighted by Crippen LogP contribution is 2.24. The first-order valence-electron chi connectivity index (χ1n) is 9.42. The maximum Gasteiger partial charge on any atom is 0.252 e. The van der Waals surface area contributed by atoms with Crippen molar-refractivity contribution >= 4 is 24.1 Å². The summed E-state index contributed by atoms with van der Waals surface area (Å²) in [5, 5.41) is 11.0. The first kappa shape index (κ1) is 21.3. The van der Waals surface area contributed by atoms with Gasteiger partial charge in [0.05, 0.1) is 5.69 Å². The van der Waals surface area contributed by atoms with Crippen LogP contribution in [-0.2, 0) is 4.79 Å². The normalized spacial score (nSPS) is 18.0. The molecule has 0 spiro atoms. The molecule has 8 heteroatoms. The molecule has 2 aromatic rings. The van der Waals surface area contributed by atoms with Gasteiger partial charge in [-0.3, -0.25) is 4.79 Å². The van der Waals surface area contributed by atoms with E-state index < -0.39 is 0 Å². The Balaban J connectivity index is 0.00000261. The predicted octanol–water partition coefficient (Wildman–Crippen LogP) is 3.17. The van der Waals surface area contributed by atoms with Crippen LogP contribution < -0.4 is 10.6 Å². The molecule has 1 aliphatic rings. The second-order valence-electron chi connectivity index (χ2n) is 7.41. The molecular formula is C19H29ClN6O. The van der Waals surface area contributed by atoms with E-state index in [-0.39, 0.29) is 24.2 Å². The summed E-state index contributed by atoms with van der Waals surface area (Å²) in [6.45, 7) is 8.39. The Hall–Kier alpha value is -1.99. The summed E-state index contributed by atoms with van der Waals surface area (Å²) in [6.07, 6.45) is 6.22. The van der Waals surface area contributed by atoms with Crippen molar-refractivity contribution in [1.29, 1.82) is 0 Å². The van der Waals surface area contributed by atoms with E-state index in [1.807, 2.05) is 6.07 Å². The maximum atomic E-state index is 12.6. The number of amides is 1. The lowest BCUT2D eigenvalue weighted by atomic mass is 9.85. The summed E-state index contributed by atoms with van der Waals surface area (Å²) >= 11 is 0. The molecule has 0 aliphatic carbocycles. The summed E-state index contributed by atoms with van der Waals surface area (Å²) in [6, 6.07) is 3.67. The Kier molecular flexibility index (Phi) is 7.74. The van der Waals surface area contributed by atoms with Crippen LogP contribution in [-0.4, -0.2) is 38.7 Å². The molecule has 7 nitrogen and oxygen atoms in total. The molecule has 148 valence electrons. The average Bonchev–Trinajstić information content (AvgIpc) is 3.07. The number of carbonyl (C=O) groups is 1. The van der Waals surface area contributed by atoms with Gasteiger partial charge in [-0.2, -0.15) is 9.78 Å².